The van der Waals surface area contributed by atoms with Crippen LogP contribution in [-0.4, -0.2) is 29.5 Å². The first-order chi connectivity index (χ1) is 10.0. The quantitative estimate of drug-likeness (QED) is 0.742. The molecule has 0 aliphatic rings. The first-order valence-corrected chi connectivity index (χ1v) is 8.53. The molecule has 0 radical (unpaired) electrons. The Kier molecular flexibility index (Phi) is 3.33. The highest BCUT2D eigenvalue weighted by Crippen LogP contribution is 2.27. The number of rotatable bonds is 5. The van der Waals surface area contributed by atoms with Crippen LogP contribution in [0.15, 0.2) is 27.2 Å². The maximum absolute atomic E-state index is 12.6. The Morgan fingerprint density at radius 3 is 2.95 bits per heavy atom. The second-order valence-electron chi connectivity index (χ2n) is 4.28. The third kappa shape index (κ3) is 2.47. The number of hydrogen-bond acceptors (Lipinski definition) is 7. The molecule has 0 spiro atoms. The summed E-state index contributed by atoms with van der Waals surface area (Å²) >= 11 is 1.36. The van der Waals surface area contributed by atoms with E-state index >= 15 is 0 Å². The molecule has 0 aliphatic carbocycles. The van der Waals surface area contributed by atoms with Gasteiger partial charge in [0.2, 0.25) is 5.03 Å². The molecule has 3 heterocycles. The van der Waals surface area contributed by atoms with Crippen LogP contribution >= 0.6 is 11.3 Å². The first kappa shape index (κ1) is 13.9. The maximum Gasteiger partial charge on any atom is 0.283 e. The summed E-state index contributed by atoms with van der Waals surface area (Å²) in [6, 6.07) is 1.51. The number of hydrogen-bond donors (Lipinski definition) is 2. The number of nitrogens with zero attached hydrogens (tertiary/aromatic N) is 3. The van der Waals surface area contributed by atoms with Crippen LogP contribution in [0.1, 0.15) is 12.7 Å². The Bertz CT molecular complexity index is 877. The lowest BCUT2D eigenvalue weighted by atomic mass is 10.5. The van der Waals surface area contributed by atoms with E-state index < -0.39 is 10.0 Å². The van der Waals surface area contributed by atoms with E-state index in [0.717, 1.165) is 0 Å². The van der Waals surface area contributed by atoms with Crippen molar-refractivity contribution in [3.63, 3.8) is 0 Å². The third-order valence-corrected chi connectivity index (χ3v) is 4.82. The van der Waals surface area contributed by atoms with Crippen molar-refractivity contribution in [2.45, 2.75) is 18.9 Å². The van der Waals surface area contributed by atoms with Crippen molar-refractivity contribution in [2.75, 3.05) is 16.6 Å². The molecule has 112 valence electrons. The predicted octanol–water partition coefficient (Wildman–Crippen LogP) is 1.92. The average molecular weight is 327 g/mol. The van der Waals surface area contributed by atoms with Crippen LogP contribution in [-0.2, 0) is 10.0 Å². The summed E-state index contributed by atoms with van der Waals surface area (Å²) in [4.78, 5) is 4.88. The van der Waals surface area contributed by atoms with Gasteiger partial charge in [0.15, 0.2) is 16.6 Å². The van der Waals surface area contributed by atoms with Gasteiger partial charge in [-0.25, -0.2) is 4.98 Å². The minimum absolute atomic E-state index is 0.0567. The van der Waals surface area contributed by atoms with Crippen LogP contribution in [0.25, 0.3) is 4.96 Å². The Morgan fingerprint density at radius 2 is 2.29 bits per heavy atom. The van der Waals surface area contributed by atoms with E-state index in [1.54, 1.807) is 18.5 Å². The summed E-state index contributed by atoms with van der Waals surface area (Å²) in [6.07, 6.45) is 1.66. The van der Waals surface area contributed by atoms with E-state index in [2.05, 4.69) is 20.2 Å². The number of nitrogens with one attached hydrogen (secondary N) is 2. The lowest BCUT2D eigenvalue weighted by Gasteiger charge is -2.06. The molecule has 8 nitrogen and oxygen atoms in total. The molecule has 3 aromatic rings. The van der Waals surface area contributed by atoms with Crippen LogP contribution in [0.2, 0.25) is 0 Å². The Balaban J connectivity index is 2.08. The number of anilines is 2. The summed E-state index contributed by atoms with van der Waals surface area (Å²) in [5.74, 6) is 0.978. The molecule has 0 aliphatic heterocycles. The molecule has 3 aromatic heterocycles. The minimum atomic E-state index is -3.83. The van der Waals surface area contributed by atoms with Crippen LogP contribution in [0.3, 0.4) is 0 Å². The molecule has 0 aromatic carbocycles. The highest BCUT2D eigenvalue weighted by atomic mass is 32.2. The highest BCUT2D eigenvalue weighted by molar-refractivity contribution is 7.92. The average Bonchev–Trinajstić information content (AvgIpc) is 3.05. The van der Waals surface area contributed by atoms with E-state index in [1.807, 2.05) is 6.92 Å². The molecule has 21 heavy (non-hydrogen) atoms. The number of thiazole rings is 1. The molecular weight excluding hydrogens is 314 g/mol. The van der Waals surface area contributed by atoms with Crippen molar-refractivity contribution in [1.29, 1.82) is 0 Å². The number of aryl methyl sites for hydroxylation is 1. The van der Waals surface area contributed by atoms with Crippen molar-refractivity contribution in [3.05, 3.63) is 23.4 Å². The van der Waals surface area contributed by atoms with Crippen molar-refractivity contribution in [3.8, 4) is 0 Å². The molecule has 3 rings (SSSR count). The Labute approximate surface area is 124 Å². The molecule has 0 saturated heterocycles. The molecule has 0 atom stereocenters. The van der Waals surface area contributed by atoms with Crippen LogP contribution in [0.4, 0.5) is 11.6 Å². The van der Waals surface area contributed by atoms with E-state index in [-0.39, 0.29) is 10.8 Å². The Morgan fingerprint density at radius 1 is 1.48 bits per heavy atom. The second-order valence-corrected chi connectivity index (χ2v) is 6.75. The molecule has 10 heteroatoms. The van der Waals surface area contributed by atoms with Gasteiger partial charge >= 0.3 is 0 Å². The fourth-order valence-electron chi connectivity index (χ4n) is 1.90. The van der Waals surface area contributed by atoms with E-state index in [4.69, 9.17) is 4.52 Å². The van der Waals surface area contributed by atoms with Gasteiger partial charge in [-0.15, -0.1) is 11.3 Å². The van der Waals surface area contributed by atoms with Crippen LogP contribution in [0.5, 0.6) is 0 Å². The molecule has 0 bridgehead atoms. The fourth-order valence-corrected chi connectivity index (χ4v) is 3.92. The summed E-state index contributed by atoms with van der Waals surface area (Å²) in [5, 5.41) is 8.43. The van der Waals surface area contributed by atoms with Gasteiger partial charge in [-0.2, -0.15) is 8.42 Å². The number of fused-ring (bicyclic) bond motifs is 1. The largest absolute Gasteiger partial charge is 0.368 e. The zero-order valence-electron chi connectivity index (χ0n) is 11.3. The number of aromatic nitrogens is 3. The molecule has 0 amide bonds. The summed E-state index contributed by atoms with van der Waals surface area (Å²) < 4.78 is 34.0. The summed E-state index contributed by atoms with van der Waals surface area (Å²) in [5.41, 5.74) is 0. The van der Waals surface area contributed by atoms with E-state index in [1.165, 1.54) is 21.8 Å². The maximum atomic E-state index is 12.6. The van der Waals surface area contributed by atoms with Gasteiger partial charge in [-0.1, -0.05) is 5.16 Å². The first-order valence-electron chi connectivity index (χ1n) is 6.17. The SMILES string of the molecule is CCNc1nc2sccn2c1S(=O)(=O)Nc1cc(C)on1. The number of imidazole rings is 1. The monoisotopic (exact) mass is 327 g/mol. The van der Waals surface area contributed by atoms with Gasteiger partial charge in [0.1, 0.15) is 5.76 Å². The van der Waals surface area contributed by atoms with Gasteiger partial charge in [0.25, 0.3) is 10.0 Å². The van der Waals surface area contributed by atoms with Crippen LogP contribution < -0.4 is 10.0 Å². The lowest BCUT2D eigenvalue weighted by molar-refractivity contribution is 0.400. The highest BCUT2D eigenvalue weighted by Gasteiger charge is 2.26. The standard InChI is InChI=1S/C11H13N5O3S2/c1-3-12-9-10(16-4-5-20-11(16)13-9)21(17,18)15-8-6-7(2)19-14-8/h4-6,12H,3H2,1-2H3,(H,14,15). The fraction of sp³-hybridized carbons (Fsp3) is 0.273. The molecule has 0 fully saturated rings. The normalized spacial score (nSPS) is 11.9. The van der Waals surface area contributed by atoms with Crippen molar-refractivity contribution >= 4 is 38.0 Å². The Hall–Kier alpha value is -2.07. The molecular formula is C11H13N5O3S2. The van der Waals surface area contributed by atoms with E-state index in [9.17, 15) is 8.42 Å². The molecule has 2 N–H and O–H groups in total. The minimum Gasteiger partial charge on any atom is -0.368 e. The zero-order chi connectivity index (χ0) is 15.0. The third-order valence-electron chi connectivity index (χ3n) is 2.68. The predicted molar refractivity (Wildman–Crippen MR) is 79.3 cm³/mol. The topological polar surface area (TPSA) is 102 Å². The smallest absolute Gasteiger partial charge is 0.283 e. The summed E-state index contributed by atoms with van der Waals surface area (Å²) in [7, 11) is -3.83. The molecule has 0 saturated carbocycles. The second kappa shape index (κ2) is 5.04. The van der Waals surface area contributed by atoms with Crippen LogP contribution in [0, 0.1) is 6.92 Å². The van der Waals surface area contributed by atoms with Gasteiger partial charge in [-0.05, 0) is 13.8 Å². The van der Waals surface area contributed by atoms with Gasteiger partial charge in [0, 0.05) is 24.2 Å². The lowest BCUT2D eigenvalue weighted by Crippen LogP contribution is -2.17. The number of sulfonamides is 1. The van der Waals surface area contributed by atoms with Crippen molar-refractivity contribution in [2.24, 2.45) is 0 Å². The summed E-state index contributed by atoms with van der Waals surface area (Å²) in [6.45, 7) is 4.12. The van der Waals surface area contributed by atoms with Crippen molar-refractivity contribution in [1.82, 2.24) is 14.5 Å². The van der Waals surface area contributed by atoms with Crippen molar-refractivity contribution < 1.29 is 12.9 Å². The van der Waals surface area contributed by atoms with Gasteiger partial charge in [0.05, 0.1) is 0 Å². The zero-order valence-corrected chi connectivity index (χ0v) is 13.0. The van der Waals surface area contributed by atoms with E-state index in [0.29, 0.717) is 23.1 Å². The van der Waals surface area contributed by atoms with Gasteiger partial charge in [-0.3, -0.25) is 9.12 Å². The van der Waals surface area contributed by atoms with Gasteiger partial charge < -0.3 is 9.84 Å². The molecule has 0 unspecified atom stereocenters.